The molecule has 36 heavy (non-hydrogen) atoms. The lowest BCUT2D eigenvalue weighted by Crippen LogP contribution is -2.32. The number of hydrogen-bond acceptors (Lipinski definition) is 5. The van der Waals surface area contributed by atoms with E-state index in [1.807, 2.05) is 41.8 Å². The highest BCUT2D eigenvalue weighted by Gasteiger charge is 2.25. The van der Waals surface area contributed by atoms with Crippen molar-refractivity contribution in [2.24, 2.45) is 5.92 Å². The molecule has 0 aliphatic carbocycles. The smallest absolute Gasteiger partial charge is 0.253 e. The average molecular weight is 549 g/mol. The van der Waals surface area contributed by atoms with E-state index in [9.17, 15) is 9.59 Å². The number of nitrogens with one attached hydrogen (secondary N) is 2. The number of halogens is 2. The van der Waals surface area contributed by atoms with Gasteiger partial charge < -0.3 is 15.2 Å². The number of hydrogen-bond donors (Lipinski definition) is 2. The molecule has 0 saturated carbocycles. The summed E-state index contributed by atoms with van der Waals surface area (Å²) in [5.41, 5.74) is 1.53. The number of aromatic nitrogens is 3. The SMILES string of the molecule is CCn1c(SCC(=O)NCCc2ccccc2)nnc1[C@H](CC(C)C)NC(=O)c1ccc(Cl)cc1Cl. The van der Waals surface area contributed by atoms with Crippen LogP contribution in [0.3, 0.4) is 0 Å². The first-order valence-corrected chi connectivity index (χ1v) is 13.6. The van der Waals surface area contributed by atoms with Gasteiger partial charge >= 0.3 is 0 Å². The van der Waals surface area contributed by atoms with E-state index in [0.29, 0.717) is 47.0 Å². The van der Waals surface area contributed by atoms with Gasteiger partial charge in [0.25, 0.3) is 5.91 Å². The molecule has 2 amide bonds. The maximum absolute atomic E-state index is 13.0. The Balaban J connectivity index is 1.65. The molecule has 3 rings (SSSR count). The Morgan fingerprint density at radius 2 is 1.83 bits per heavy atom. The monoisotopic (exact) mass is 547 g/mol. The molecule has 10 heteroatoms. The lowest BCUT2D eigenvalue weighted by molar-refractivity contribution is -0.118. The number of nitrogens with zero attached hydrogens (tertiary/aromatic N) is 3. The van der Waals surface area contributed by atoms with Crippen molar-refractivity contribution >= 4 is 46.8 Å². The van der Waals surface area contributed by atoms with Gasteiger partial charge in [0.1, 0.15) is 0 Å². The summed E-state index contributed by atoms with van der Waals surface area (Å²) in [4.78, 5) is 25.4. The molecule has 1 heterocycles. The summed E-state index contributed by atoms with van der Waals surface area (Å²) in [5, 5.41) is 16.1. The van der Waals surface area contributed by atoms with Crippen molar-refractivity contribution in [1.29, 1.82) is 0 Å². The van der Waals surface area contributed by atoms with E-state index in [-0.39, 0.29) is 28.6 Å². The summed E-state index contributed by atoms with van der Waals surface area (Å²) in [6.45, 7) is 7.32. The van der Waals surface area contributed by atoms with Crippen molar-refractivity contribution in [2.45, 2.75) is 51.4 Å². The Bertz CT molecular complexity index is 1170. The maximum atomic E-state index is 13.0. The van der Waals surface area contributed by atoms with Gasteiger partial charge in [-0.15, -0.1) is 10.2 Å². The van der Waals surface area contributed by atoms with E-state index < -0.39 is 0 Å². The summed E-state index contributed by atoms with van der Waals surface area (Å²) in [5.74, 6) is 0.808. The molecule has 0 saturated heterocycles. The van der Waals surface area contributed by atoms with Crippen molar-refractivity contribution in [1.82, 2.24) is 25.4 Å². The molecular formula is C26H31Cl2N5O2S. The topological polar surface area (TPSA) is 88.9 Å². The zero-order valence-electron chi connectivity index (χ0n) is 20.6. The van der Waals surface area contributed by atoms with E-state index in [0.717, 1.165) is 6.42 Å². The third kappa shape index (κ3) is 7.98. The van der Waals surface area contributed by atoms with Gasteiger partial charge in [-0.25, -0.2) is 0 Å². The molecule has 3 aromatic rings. The van der Waals surface area contributed by atoms with Crippen molar-refractivity contribution in [3.05, 3.63) is 75.5 Å². The molecule has 2 aromatic carbocycles. The van der Waals surface area contributed by atoms with Crippen molar-refractivity contribution in [3.8, 4) is 0 Å². The van der Waals surface area contributed by atoms with Crippen LogP contribution in [0.2, 0.25) is 10.0 Å². The molecular weight excluding hydrogens is 517 g/mol. The second-order valence-corrected chi connectivity index (χ2v) is 10.5. The molecule has 192 valence electrons. The fraction of sp³-hybridized carbons (Fsp3) is 0.385. The normalized spacial score (nSPS) is 11.9. The number of thioether (sulfide) groups is 1. The fourth-order valence-corrected chi connectivity index (χ4v) is 5.08. The van der Waals surface area contributed by atoms with Crippen molar-refractivity contribution in [2.75, 3.05) is 12.3 Å². The highest BCUT2D eigenvalue weighted by molar-refractivity contribution is 7.99. The van der Waals surface area contributed by atoms with Crippen LogP contribution >= 0.6 is 35.0 Å². The van der Waals surface area contributed by atoms with Crippen LogP contribution in [0.4, 0.5) is 0 Å². The number of benzene rings is 2. The number of carbonyl (C=O) groups is 2. The van der Waals surface area contributed by atoms with Crippen molar-refractivity contribution < 1.29 is 9.59 Å². The zero-order valence-corrected chi connectivity index (χ0v) is 23.0. The van der Waals surface area contributed by atoms with Crippen LogP contribution < -0.4 is 10.6 Å². The Morgan fingerprint density at radius 3 is 2.50 bits per heavy atom. The van der Waals surface area contributed by atoms with Crippen LogP contribution in [0.5, 0.6) is 0 Å². The van der Waals surface area contributed by atoms with Gasteiger partial charge in [0.15, 0.2) is 11.0 Å². The molecule has 0 aliphatic rings. The summed E-state index contributed by atoms with van der Waals surface area (Å²) >= 11 is 13.5. The molecule has 0 radical (unpaired) electrons. The first-order chi connectivity index (χ1) is 17.3. The second-order valence-electron chi connectivity index (χ2n) is 8.74. The van der Waals surface area contributed by atoms with E-state index >= 15 is 0 Å². The van der Waals surface area contributed by atoms with Gasteiger partial charge in [0, 0.05) is 18.1 Å². The van der Waals surface area contributed by atoms with Crippen LogP contribution in [0, 0.1) is 5.92 Å². The van der Waals surface area contributed by atoms with Gasteiger partial charge in [-0.1, -0.05) is 79.1 Å². The standard InChI is InChI=1S/C26H31Cl2N5O2S/c1-4-33-24(22(14-17(2)3)30-25(35)20-11-10-19(27)15-21(20)28)31-32-26(33)36-16-23(34)29-13-12-18-8-6-5-7-9-18/h5-11,15,17,22H,4,12-14,16H2,1-3H3,(H,29,34)(H,30,35)/t22-/m0/s1. The van der Waals surface area contributed by atoms with Crippen molar-refractivity contribution in [3.63, 3.8) is 0 Å². The summed E-state index contributed by atoms with van der Waals surface area (Å²) in [7, 11) is 0. The molecule has 7 nitrogen and oxygen atoms in total. The predicted octanol–water partition coefficient (Wildman–Crippen LogP) is 5.57. The Labute approximate surface area is 226 Å². The molecule has 1 atom stereocenters. The van der Waals surface area contributed by atoms with Gasteiger partial charge in [-0.05, 0) is 49.4 Å². The largest absolute Gasteiger partial charge is 0.355 e. The van der Waals surface area contributed by atoms with E-state index in [1.54, 1.807) is 18.2 Å². The third-order valence-electron chi connectivity index (χ3n) is 5.47. The van der Waals surface area contributed by atoms with Gasteiger partial charge in [-0.2, -0.15) is 0 Å². The minimum atomic E-state index is -0.370. The van der Waals surface area contributed by atoms with Gasteiger partial charge in [0.2, 0.25) is 5.91 Å². The first-order valence-electron chi connectivity index (χ1n) is 11.9. The minimum absolute atomic E-state index is 0.0625. The molecule has 0 spiro atoms. The molecule has 2 N–H and O–H groups in total. The van der Waals surface area contributed by atoms with Crippen LogP contribution in [-0.4, -0.2) is 38.9 Å². The molecule has 0 aliphatic heterocycles. The van der Waals surface area contributed by atoms with Crippen LogP contribution in [-0.2, 0) is 17.8 Å². The highest BCUT2D eigenvalue weighted by Crippen LogP contribution is 2.27. The first kappa shape index (κ1) is 28.0. The Morgan fingerprint density at radius 1 is 1.08 bits per heavy atom. The quantitative estimate of drug-likeness (QED) is 0.289. The Kier molecular flexibility index (Phi) is 10.6. The van der Waals surface area contributed by atoms with Crippen LogP contribution in [0.25, 0.3) is 0 Å². The number of carbonyl (C=O) groups excluding carboxylic acids is 2. The molecule has 0 fully saturated rings. The number of amides is 2. The average Bonchev–Trinajstić information content (AvgIpc) is 3.25. The van der Waals surface area contributed by atoms with E-state index in [1.165, 1.54) is 17.3 Å². The predicted molar refractivity (Wildman–Crippen MR) is 146 cm³/mol. The minimum Gasteiger partial charge on any atom is -0.355 e. The lowest BCUT2D eigenvalue weighted by atomic mass is 10.0. The Hall–Kier alpha value is -2.55. The van der Waals surface area contributed by atoms with Crippen LogP contribution in [0.1, 0.15) is 55.0 Å². The summed E-state index contributed by atoms with van der Waals surface area (Å²) in [6.07, 6.45) is 1.44. The second kappa shape index (κ2) is 13.7. The molecule has 0 bridgehead atoms. The third-order valence-corrected chi connectivity index (χ3v) is 6.99. The van der Waals surface area contributed by atoms with E-state index in [4.69, 9.17) is 23.2 Å². The molecule has 1 aromatic heterocycles. The highest BCUT2D eigenvalue weighted by atomic mass is 35.5. The summed E-state index contributed by atoms with van der Waals surface area (Å²) < 4.78 is 1.94. The maximum Gasteiger partial charge on any atom is 0.253 e. The zero-order chi connectivity index (χ0) is 26.1. The summed E-state index contributed by atoms with van der Waals surface area (Å²) in [6, 6.07) is 14.4. The fourth-order valence-electron chi connectivity index (χ4n) is 3.74. The van der Waals surface area contributed by atoms with Gasteiger partial charge in [-0.3, -0.25) is 9.59 Å². The number of rotatable bonds is 12. The lowest BCUT2D eigenvalue weighted by Gasteiger charge is -2.21. The van der Waals surface area contributed by atoms with Gasteiger partial charge in [0.05, 0.1) is 22.4 Å². The molecule has 0 unspecified atom stereocenters. The van der Waals surface area contributed by atoms with Crippen LogP contribution in [0.15, 0.2) is 53.7 Å². The van der Waals surface area contributed by atoms with E-state index in [2.05, 4.69) is 34.7 Å².